The number of rotatable bonds is 19. The smallest absolute Gasteiger partial charge is 0.306 e. The van der Waals surface area contributed by atoms with E-state index in [-0.39, 0.29) is 46.0 Å². The van der Waals surface area contributed by atoms with Crippen molar-refractivity contribution in [2.24, 2.45) is 11.8 Å². The number of carbonyl (C=O) groups is 1. The number of hydrogen-bond donors (Lipinski definition) is 0. The average Bonchev–Trinajstić information content (AvgIpc) is 3.64. The lowest BCUT2D eigenvalue weighted by atomic mass is 9.84. The Bertz CT molecular complexity index is 665. The first-order valence-electron chi connectivity index (χ1n) is 19.0. The molecule has 0 aliphatic carbocycles. The first-order chi connectivity index (χ1) is 20.1. The topological polar surface area (TPSA) is 26.3 Å². The second-order valence-electron chi connectivity index (χ2n) is 15.3. The fourth-order valence-electron chi connectivity index (χ4n) is 9.18. The summed E-state index contributed by atoms with van der Waals surface area (Å²) in [7, 11) is 0. The zero-order chi connectivity index (χ0) is 28.6. The third kappa shape index (κ3) is 14.3. The molecule has 4 aliphatic heterocycles. The minimum absolute atomic E-state index is 0. The highest BCUT2D eigenvalue weighted by molar-refractivity contribution is 5.69. The Kier molecular flexibility index (Phi) is 20.2. The van der Waals surface area contributed by atoms with Crippen LogP contribution in [0.5, 0.6) is 0 Å². The van der Waals surface area contributed by atoms with Gasteiger partial charge in [0.2, 0.25) is 0 Å². The molecule has 0 saturated carbocycles. The second-order valence-corrected chi connectivity index (χ2v) is 15.3. The molecule has 4 heterocycles. The van der Waals surface area contributed by atoms with Gasteiger partial charge in [0.15, 0.2) is 0 Å². The molecule has 0 N–H and O–H groups in total. The Morgan fingerprint density at radius 3 is 1.28 bits per heavy atom. The van der Waals surface area contributed by atoms with Gasteiger partial charge >= 0.3 is 5.97 Å². The average molecular weight is 735 g/mol. The molecule has 4 rings (SSSR count). The van der Waals surface area contributed by atoms with Gasteiger partial charge in [0.1, 0.15) is 6.10 Å². The number of unbranched alkanes of at least 4 members (excludes halogenated alkanes) is 12. The molecule has 4 nitrogen and oxygen atoms in total. The molecule has 0 amide bonds. The van der Waals surface area contributed by atoms with Crippen molar-refractivity contribution in [3.63, 3.8) is 0 Å². The van der Waals surface area contributed by atoms with Crippen molar-refractivity contribution in [1.82, 2.24) is 0 Å². The van der Waals surface area contributed by atoms with Gasteiger partial charge in [-0.15, -0.1) is 0 Å². The number of carbonyl (C=O) groups excluding carboxylic acids is 1. The van der Waals surface area contributed by atoms with E-state index in [2.05, 4.69) is 6.92 Å². The molecule has 0 aromatic carbocycles. The first kappa shape index (κ1) is 39.5. The van der Waals surface area contributed by atoms with Crippen molar-refractivity contribution in [2.45, 2.75) is 167 Å². The number of quaternary nitrogens is 2. The van der Waals surface area contributed by atoms with E-state index < -0.39 is 0 Å². The summed E-state index contributed by atoms with van der Waals surface area (Å²) >= 11 is 0. The van der Waals surface area contributed by atoms with Crippen LogP contribution in [0.4, 0.5) is 0 Å². The second kappa shape index (κ2) is 22.0. The summed E-state index contributed by atoms with van der Waals surface area (Å²) in [5.74, 6) is 1.65. The van der Waals surface area contributed by atoms with Crippen LogP contribution in [0.1, 0.15) is 161 Å². The molecule has 254 valence electrons. The largest absolute Gasteiger partial charge is 1.00 e. The van der Waals surface area contributed by atoms with E-state index >= 15 is 0 Å². The quantitative estimate of drug-likeness (QED) is 0.116. The normalized spacial score (nSPS) is 23.6. The van der Waals surface area contributed by atoms with Crippen LogP contribution in [-0.4, -0.2) is 73.4 Å². The molecule has 4 fully saturated rings. The van der Waals surface area contributed by atoms with Crippen LogP contribution in [0.3, 0.4) is 0 Å². The van der Waals surface area contributed by atoms with Crippen LogP contribution < -0.4 is 34.0 Å². The molecule has 6 heteroatoms. The van der Waals surface area contributed by atoms with Gasteiger partial charge in [-0.05, 0) is 56.8 Å². The van der Waals surface area contributed by atoms with Crippen molar-refractivity contribution < 1.29 is 52.5 Å². The molecule has 4 saturated heterocycles. The Hall–Kier alpha value is 0.350. The molecule has 0 aromatic rings. The molecular weight excluding hydrogens is 664 g/mol. The number of esters is 1. The summed E-state index contributed by atoms with van der Waals surface area (Å²) in [4.78, 5) is 13.0. The molecular formula is C37H70Br2N2O2. The van der Waals surface area contributed by atoms with Gasteiger partial charge in [0, 0.05) is 32.1 Å². The zero-order valence-electron chi connectivity index (χ0n) is 28.3. The lowest BCUT2D eigenvalue weighted by Gasteiger charge is -2.42. The molecule has 0 aromatic heterocycles. The molecule has 0 atom stereocenters. The zero-order valence-corrected chi connectivity index (χ0v) is 31.5. The van der Waals surface area contributed by atoms with E-state index in [0.717, 1.165) is 31.1 Å². The maximum atomic E-state index is 13.0. The van der Waals surface area contributed by atoms with Gasteiger partial charge in [-0.25, -0.2) is 0 Å². The van der Waals surface area contributed by atoms with Crippen LogP contribution in [0.2, 0.25) is 0 Å². The first-order valence-corrected chi connectivity index (χ1v) is 19.0. The third-order valence-electron chi connectivity index (χ3n) is 12.1. The molecule has 43 heavy (non-hydrogen) atoms. The van der Waals surface area contributed by atoms with Crippen molar-refractivity contribution in [3.05, 3.63) is 0 Å². The summed E-state index contributed by atoms with van der Waals surface area (Å²) in [5.41, 5.74) is 0. The highest BCUT2D eigenvalue weighted by atomic mass is 79.9. The van der Waals surface area contributed by atoms with E-state index in [1.54, 1.807) is 0 Å². The van der Waals surface area contributed by atoms with E-state index in [4.69, 9.17) is 4.74 Å². The highest BCUT2D eigenvalue weighted by Crippen LogP contribution is 2.35. The Morgan fingerprint density at radius 1 is 0.558 bits per heavy atom. The molecule has 4 aliphatic rings. The van der Waals surface area contributed by atoms with Crippen molar-refractivity contribution in [2.75, 3.05) is 52.4 Å². The lowest BCUT2D eigenvalue weighted by Crippen LogP contribution is -3.00. The molecule has 0 unspecified atom stereocenters. The minimum atomic E-state index is 0. The van der Waals surface area contributed by atoms with Crippen LogP contribution in [0.15, 0.2) is 0 Å². The van der Waals surface area contributed by atoms with E-state index in [9.17, 15) is 4.79 Å². The Balaban J connectivity index is 0.00000323. The van der Waals surface area contributed by atoms with Gasteiger partial charge in [0.05, 0.1) is 52.4 Å². The van der Waals surface area contributed by atoms with Gasteiger partial charge < -0.3 is 47.7 Å². The monoisotopic (exact) mass is 732 g/mol. The highest BCUT2D eigenvalue weighted by Gasteiger charge is 2.39. The van der Waals surface area contributed by atoms with Gasteiger partial charge in [-0.3, -0.25) is 4.79 Å². The third-order valence-corrected chi connectivity index (χ3v) is 12.1. The van der Waals surface area contributed by atoms with Gasteiger partial charge in [0.25, 0.3) is 0 Å². The fourth-order valence-corrected chi connectivity index (χ4v) is 9.18. The minimum Gasteiger partial charge on any atom is -1.00 e. The van der Waals surface area contributed by atoms with E-state index in [1.807, 2.05) is 0 Å². The van der Waals surface area contributed by atoms with Crippen LogP contribution in [0.25, 0.3) is 0 Å². The van der Waals surface area contributed by atoms with Gasteiger partial charge in [-0.2, -0.15) is 0 Å². The lowest BCUT2D eigenvalue weighted by molar-refractivity contribution is -0.922. The fraction of sp³-hybridized carbons (Fsp3) is 0.973. The molecule has 0 bridgehead atoms. The van der Waals surface area contributed by atoms with Crippen LogP contribution in [-0.2, 0) is 9.53 Å². The Morgan fingerprint density at radius 2 is 0.907 bits per heavy atom. The standard InChI is InChI=1S/C37H70N2O2.2BrH/c1-2-3-4-5-6-7-8-9-10-11-12-13-14-19-37(40)41-36(32-34-20-28-38(29-21-34)24-15-16-25-38)33-35-22-30-39(31-23-35)26-17-18-27-39;;/h34-36H,2-33H2,1H3;2*1H/q+2;;/p-2. The summed E-state index contributed by atoms with van der Waals surface area (Å²) in [5, 5.41) is 0. The molecule has 2 spiro atoms. The summed E-state index contributed by atoms with van der Waals surface area (Å²) in [6.45, 7) is 13.5. The summed E-state index contributed by atoms with van der Waals surface area (Å²) in [6.07, 6.45) is 31.8. The maximum Gasteiger partial charge on any atom is 0.306 e. The predicted octanol–water partition coefficient (Wildman–Crippen LogP) is 3.21. The maximum absolute atomic E-state index is 13.0. The summed E-state index contributed by atoms with van der Waals surface area (Å²) < 4.78 is 9.16. The number of ether oxygens (including phenoxy) is 1. The Labute approximate surface area is 288 Å². The number of hydrogen-bond acceptors (Lipinski definition) is 2. The SMILES string of the molecule is CCCCCCCCCCCCCCCC(=O)OC(CC1CC[N+]2(CCCC2)CC1)CC1CC[N+]2(CCCC2)CC1.[Br-].[Br-]. The summed E-state index contributed by atoms with van der Waals surface area (Å²) in [6, 6.07) is 0. The predicted molar refractivity (Wildman–Crippen MR) is 173 cm³/mol. The van der Waals surface area contributed by atoms with Crippen LogP contribution in [0, 0.1) is 11.8 Å². The number of halogens is 2. The van der Waals surface area contributed by atoms with Gasteiger partial charge in [-0.1, -0.05) is 84.0 Å². The van der Waals surface area contributed by atoms with Crippen LogP contribution >= 0.6 is 0 Å². The van der Waals surface area contributed by atoms with Crippen molar-refractivity contribution in [3.8, 4) is 0 Å². The van der Waals surface area contributed by atoms with Crippen molar-refractivity contribution in [1.29, 1.82) is 0 Å². The van der Waals surface area contributed by atoms with E-state index in [0.29, 0.717) is 6.42 Å². The molecule has 0 radical (unpaired) electrons. The van der Waals surface area contributed by atoms with Crippen molar-refractivity contribution >= 4 is 5.97 Å². The number of piperidine rings is 2. The number of nitrogens with zero attached hydrogens (tertiary/aromatic N) is 2. The van der Waals surface area contributed by atoms with E-state index in [1.165, 1.54) is 190 Å².